The van der Waals surface area contributed by atoms with Crippen LogP contribution in [0.25, 0.3) is 0 Å². The molecule has 14 heavy (non-hydrogen) atoms. The zero-order valence-electron chi connectivity index (χ0n) is 7.52. The predicted octanol–water partition coefficient (Wildman–Crippen LogP) is 1.83. The first-order valence-electron chi connectivity index (χ1n) is 3.52. The van der Waals surface area contributed by atoms with Crippen LogP contribution in [0.2, 0.25) is 0 Å². The number of carbonyl (C=O) groups excluding carboxylic acids is 2. The zero-order chi connectivity index (χ0) is 9.14. The Hall–Kier alpha value is -1.06. The second-order valence-electron chi connectivity index (χ2n) is 2.50. The Morgan fingerprint density at radius 1 is 1.00 bits per heavy atom. The van der Waals surface area contributed by atoms with Gasteiger partial charge in [-0.1, -0.05) is 12.1 Å². The fourth-order valence-electron chi connectivity index (χ4n) is 0.869. The van der Waals surface area contributed by atoms with Gasteiger partial charge in [0, 0.05) is 11.1 Å². The van der Waals surface area contributed by atoms with Crippen molar-refractivity contribution in [3.63, 3.8) is 0 Å². The fourth-order valence-corrected chi connectivity index (χ4v) is 0.869. The minimum Gasteiger partial charge on any atom is -0.366 e. The highest BCUT2D eigenvalue weighted by molar-refractivity contribution is 5.97. The lowest BCUT2D eigenvalue weighted by Gasteiger charge is -1.96. The molecule has 2 N–H and O–H groups in total. The third-order valence-electron chi connectivity index (χ3n) is 1.58. The number of hydrogen-bond acceptors (Lipinski definition) is 2. The molecule has 0 fully saturated rings. The molecule has 78 valence electrons. The second kappa shape index (κ2) is 6.40. The first-order chi connectivity index (χ1) is 5.61. The van der Waals surface area contributed by atoms with Crippen LogP contribution < -0.4 is 5.73 Å². The minimum absolute atomic E-state index is 0. The van der Waals surface area contributed by atoms with E-state index < -0.39 is 5.91 Å². The monoisotopic (exact) mass is 235 g/mol. The molecule has 0 atom stereocenters. The molecule has 0 radical (unpaired) electrons. The van der Waals surface area contributed by atoms with Crippen LogP contribution in [0, 0.1) is 0 Å². The van der Waals surface area contributed by atoms with Crippen LogP contribution in [0.3, 0.4) is 0 Å². The Labute approximate surface area is 94.5 Å². The number of rotatable bonds is 2. The molecule has 0 saturated carbocycles. The van der Waals surface area contributed by atoms with Gasteiger partial charge in [-0.15, -0.1) is 24.8 Å². The highest BCUT2D eigenvalue weighted by atomic mass is 35.5. The summed E-state index contributed by atoms with van der Waals surface area (Å²) in [5.74, 6) is -0.504. The second-order valence-corrected chi connectivity index (χ2v) is 2.50. The minimum atomic E-state index is -0.481. The van der Waals surface area contributed by atoms with Crippen LogP contribution in [-0.2, 0) is 0 Å². The molecule has 0 aliphatic rings. The van der Waals surface area contributed by atoms with Gasteiger partial charge < -0.3 is 5.73 Å². The molecule has 0 aliphatic carbocycles. The van der Waals surface area contributed by atoms with Crippen LogP contribution in [0.5, 0.6) is 0 Å². The van der Waals surface area contributed by atoms with Crippen molar-refractivity contribution in [3.05, 3.63) is 35.4 Å². The van der Waals surface area contributed by atoms with Crippen LogP contribution in [0.4, 0.5) is 0 Å². The van der Waals surface area contributed by atoms with Gasteiger partial charge in [0.15, 0.2) is 5.78 Å². The molecule has 0 aromatic heterocycles. The molecular formula is C9H11Cl2NO2. The Morgan fingerprint density at radius 3 is 1.64 bits per heavy atom. The Morgan fingerprint density at radius 2 is 1.36 bits per heavy atom. The summed E-state index contributed by atoms with van der Waals surface area (Å²) in [4.78, 5) is 21.4. The largest absolute Gasteiger partial charge is 0.366 e. The van der Waals surface area contributed by atoms with Crippen LogP contribution in [-0.4, -0.2) is 11.7 Å². The number of Topliss-reactive ketones (excluding diaryl/α,β-unsaturated/α-hetero) is 1. The Bertz CT molecular complexity index is 289. The lowest BCUT2D eigenvalue weighted by Crippen LogP contribution is -2.10. The maximum absolute atomic E-state index is 10.8. The van der Waals surface area contributed by atoms with Crippen molar-refractivity contribution in [1.29, 1.82) is 0 Å². The topological polar surface area (TPSA) is 60.2 Å². The van der Waals surface area contributed by atoms with E-state index >= 15 is 0 Å². The molecule has 1 amide bonds. The standard InChI is InChI=1S/C9H9NO2.2ClH/c1-6(11)7-2-4-8(5-3-7)9(10)12;;/h2-5H,1H3,(H2,10,12);2*1H. The molecule has 1 aromatic rings. The highest BCUT2D eigenvalue weighted by Crippen LogP contribution is 2.03. The molecular weight excluding hydrogens is 225 g/mol. The highest BCUT2D eigenvalue weighted by Gasteiger charge is 2.01. The van der Waals surface area contributed by atoms with E-state index in [-0.39, 0.29) is 30.6 Å². The third kappa shape index (κ3) is 3.77. The number of hydrogen-bond donors (Lipinski definition) is 1. The normalized spacial score (nSPS) is 8.07. The Balaban J connectivity index is 0. The summed E-state index contributed by atoms with van der Waals surface area (Å²) >= 11 is 0. The van der Waals surface area contributed by atoms with Crippen molar-refractivity contribution in [3.8, 4) is 0 Å². The fraction of sp³-hybridized carbons (Fsp3) is 0.111. The van der Waals surface area contributed by atoms with Gasteiger partial charge in [-0.25, -0.2) is 0 Å². The summed E-state index contributed by atoms with van der Waals surface area (Å²) in [6.45, 7) is 1.47. The molecule has 1 aromatic carbocycles. The molecule has 1 rings (SSSR count). The van der Waals surface area contributed by atoms with E-state index in [1.807, 2.05) is 0 Å². The number of halogens is 2. The third-order valence-corrected chi connectivity index (χ3v) is 1.58. The number of carbonyl (C=O) groups is 2. The quantitative estimate of drug-likeness (QED) is 0.796. The molecule has 0 heterocycles. The summed E-state index contributed by atoms with van der Waals surface area (Å²) in [6.07, 6.45) is 0. The zero-order valence-corrected chi connectivity index (χ0v) is 9.15. The van der Waals surface area contributed by atoms with Gasteiger partial charge in [0.2, 0.25) is 5.91 Å². The smallest absolute Gasteiger partial charge is 0.248 e. The predicted molar refractivity (Wildman–Crippen MR) is 59.5 cm³/mol. The van der Waals surface area contributed by atoms with Gasteiger partial charge >= 0.3 is 0 Å². The summed E-state index contributed by atoms with van der Waals surface area (Å²) in [6, 6.07) is 6.25. The summed E-state index contributed by atoms with van der Waals surface area (Å²) < 4.78 is 0. The molecule has 0 unspecified atom stereocenters. The van der Waals surface area contributed by atoms with Gasteiger partial charge in [0.05, 0.1) is 0 Å². The van der Waals surface area contributed by atoms with Gasteiger partial charge in [-0.2, -0.15) is 0 Å². The van der Waals surface area contributed by atoms with E-state index in [0.29, 0.717) is 11.1 Å². The number of primary amides is 1. The average molecular weight is 236 g/mol. The molecule has 0 saturated heterocycles. The number of nitrogens with two attached hydrogens (primary N) is 1. The van der Waals surface area contributed by atoms with Crippen molar-refractivity contribution < 1.29 is 9.59 Å². The van der Waals surface area contributed by atoms with Gasteiger partial charge in [0.25, 0.3) is 0 Å². The van der Waals surface area contributed by atoms with Crippen LogP contribution >= 0.6 is 24.8 Å². The van der Waals surface area contributed by atoms with Crippen molar-refractivity contribution in [1.82, 2.24) is 0 Å². The Kier molecular flexibility index (Phi) is 7.05. The lowest BCUT2D eigenvalue weighted by molar-refractivity contribution is 0.0993. The first kappa shape index (κ1) is 15.4. The van der Waals surface area contributed by atoms with E-state index in [1.54, 1.807) is 24.3 Å². The number of amides is 1. The maximum Gasteiger partial charge on any atom is 0.248 e. The van der Waals surface area contributed by atoms with E-state index in [4.69, 9.17) is 5.73 Å². The SMILES string of the molecule is CC(=O)c1ccc(C(N)=O)cc1.Cl.Cl. The van der Waals surface area contributed by atoms with E-state index in [1.165, 1.54) is 6.92 Å². The molecule has 3 nitrogen and oxygen atoms in total. The van der Waals surface area contributed by atoms with Gasteiger partial charge in [0.1, 0.15) is 0 Å². The summed E-state index contributed by atoms with van der Waals surface area (Å²) in [7, 11) is 0. The maximum atomic E-state index is 10.8. The average Bonchev–Trinajstić information content (AvgIpc) is 2.04. The molecule has 5 heteroatoms. The van der Waals surface area contributed by atoms with Crippen LogP contribution in [0.1, 0.15) is 27.6 Å². The van der Waals surface area contributed by atoms with E-state index in [2.05, 4.69) is 0 Å². The molecule has 0 aliphatic heterocycles. The van der Waals surface area contributed by atoms with E-state index in [9.17, 15) is 9.59 Å². The van der Waals surface area contributed by atoms with Gasteiger partial charge in [-0.05, 0) is 19.1 Å². The first-order valence-corrected chi connectivity index (χ1v) is 3.52. The van der Waals surface area contributed by atoms with Gasteiger partial charge in [-0.3, -0.25) is 9.59 Å². The van der Waals surface area contributed by atoms with Crippen molar-refractivity contribution in [2.45, 2.75) is 6.92 Å². The van der Waals surface area contributed by atoms with E-state index in [0.717, 1.165) is 0 Å². The van der Waals surface area contributed by atoms with Crippen molar-refractivity contribution in [2.24, 2.45) is 5.73 Å². The van der Waals surface area contributed by atoms with Crippen molar-refractivity contribution >= 4 is 36.5 Å². The number of ketones is 1. The molecule has 0 bridgehead atoms. The summed E-state index contributed by atoms with van der Waals surface area (Å²) in [5, 5.41) is 0. The van der Waals surface area contributed by atoms with Crippen molar-refractivity contribution in [2.75, 3.05) is 0 Å². The number of benzene rings is 1. The summed E-state index contributed by atoms with van der Waals surface area (Å²) in [5.41, 5.74) is 6.02. The molecule has 0 spiro atoms. The van der Waals surface area contributed by atoms with Crippen LogP contribution in [0.15, 0.2) is 24.3 Å². The lowest BCUT2D eigenvalue weighted by atomic mass is 10.1.